The van der Waals surface area contributed by atoms with E-state index in [2.05, 4.69) is 18.3 Å². The van der Waals surface area contributed by atoms with Crippen molar-refractivity contribution in [2.24, 2.45) is 0 Å². The van der Waals surface area contributed by atoms with Gasteiger partial charge in [0.15, 0.2) is 11.5 Å². The number of unbranched alkanes of at least 4 members (excludes halogenated alkanes) is 1. The number of hydrogen-bond acceptors (Lipinski definition) is 5. The molecule has 0 bridgehead atoms. The van der Waals surface area contributed by atoms with Crippen LogP contribution in [0, 0.1) is 11.3 Å². The molecule has 142 valence electrons. The number of benzene rings is 1. The zero-order chi connectivity index (χ0) is 19.2. The predicted octanol–water partition coefficient (Wildman–Crippen LogP) is 4.94. The highest BCUT2D eigenvalue weighted by Gasteiger charge is 2.22. The summed E-state index contributed by atoms with van der Waals surface area (Å²) in [6.07, 6.45) is 6.16. The molecule has 0 radical (unpaired) electrons. The number of carbonyl (C=O) groups is 1. The molecule has 1 aliphatic carbocycles. The van der Waals surface area contributed by atoms with Crippen molar-refractivity contribution in [1.82, 2.24) is 0 Å². The Kier molecular flexibility index (Phi) is 6.36. The van der Waals surface area contributed by atoms with Gasteiger partial charge in [0.2, 0.25) is 0 Å². The van der Waals surface area contributed by atoms with Crippen LogP contribution in [0.2, 0.25) is 0 Å². The molecule has 0 spiro atoms. The lowest BCUT2D eigenvalue weighted by Crippen LogP contribution is -2.12. The lowest BCUT2D eigenvalue weighted by Gasteiger charge is -2.12. The highest BCUT2D eigenvalue weighted by molar-refractivity contribution is 7.16. The molecule has 1 amide bonds. The van der Waals surface area contributed by atoms with Crippen LogP contribution < -0.4 is 14.8 Å². The van der Waals surface area contributed by atoms with Crippen molar-refractivity contribution in [3.63, 3.8) is 0 Å². The number of fused-ring (bicyclic) bond motifs is 1. The Morgan fingerprint density at radius 2 is 2.11 bits per heavy atom. The Balaban J connectivity index is 1.78. The van der Waals surface area contributed by atoms with Gasteiger partial charge >= 0.3 is 0 Å². The van der Waals surface area contributed by atoms with Gasteiger partial charge in [-0.15, -0.1) is 11.3 Å². The molecule has 1 aromatic carbocycles. The molecule has 0 atom stereocenters. The average Bonchev–Trinajstić information content (AvgIpc) is 3.05. The van der Waals surface area contributed by atoms with Crippen LogP contribution in [0.1, 0.15) is 59.0 Å². The molecule has 0 unspecified atom stereocenters. The van der Waals surface area contributed by atoms with Crippen molar-refractivity contribution >= 4 is 22.2 Å². The van der Waals surface area contributed by atoms with E-state index in [4.69, 9.17) is 9.47 Å². The highest BCUT2D eigenvalue weighted by Crippen LogP contribution is 2.38. The van der Waals surface area contributed by atoms with E-state index >= 15 is 0 Å². The lowest BCUT2D eigenvalue weighted by molar-refractivity contribution is 0.102. The van der Waals surface area contributed by atoms with Crippen molar-refractivity contribution in [1.29, 1.82) is 5.26 Å². The Morgan fingerprint density at radius 3 is 2.85 bits per heavy atom. The maximum absolute atomic E-state index is 12.7. The molecule has 0 fully saturated rings. The monoisotopic (exact) mass is 384 g/mol. The number of rotatable bonds is 7. The van der Waals surface area contributed by atoms with Crippen molar-refractivity contribution in [2.75, 3.05) is 19.0 Å². The number of nitrogens with one attached hydrogen (secondary N) is 1. The fourth-order valence-electron chi connectivity index (χ4n) is 3.20. The van der Waals surface area contributed by atoms with E-state index in [-0.39, 0.29) is 5.91 Å². The number of amides is 1. The fourth-order valence-corrected chi connectivity index (χ4v) is 4.44. The van der Waals surface area contributed by atoms with Gasteiger partial charge in [-0.25, -0.2) is 0 Å². The van der Waals surface area contributed by atoms with Gasteiger partial charge in [0.1, 0.15) is 11.1 Å². The van der Waals surface area contributed by atoms with Crippen LogP contribution in [-0.4, -0.2) is 19.6 Å². The fraction of sp³-hybridized carbons (Fsp3) is 0.429. The normalized spacial score (nSPS) is 12.8. The summed E-state index contributed by atoms with van der Waals surface area (Å²) in [5, 5.41) is 13.1. The van der Waals surface area contributed by atoms with E-state index in [1.807, 2.05) is 0 Å². The molecule has 1 aliphatic rings. The summed E-state index contributed by atoms with van der Waals surface area (Å²) in [6.45, 7) is 2.72. The lowest BCUT2D eigenvalue weighted by atomic mass is 9.96. The quantitative estimate of drug-likeness (QED) is 0.687. The number of nitriles is 1. The summed E-state index contributed by atoms with van der Waals surface area (Å²) >= 11 is 1.53. The largest absolute Gasteiger partial charge is 0.493 e. The number of thiophene rings is 1. The summed E-state index contributed by atoms with van der Waals surface area (Å²) < 4.78 is 11.1. The summed E-state index contributed by atoms with van der Waals surface area (Å²) in [5.41, 5.74) is 2.21. The summed E-state index contributed by atoms with van der Waals surface area (Å²) in [5.74, 6) is 0.917. The third-order valence-corrected chi connectivity index (χ3v) is 5.90. The van der Waals surface area contributed by atoms with E-state index in [0.717, 1.165) is 44.1 Å². The minimum atomic E-state index is -0.247. The van der Waals surface area contributed by atoms with E-state index in [0.29, 0.717) is 34.2 Å². The smallest absolute Gasteiger partial charge is 0.256 e. The van der Waals surface area contributed by atoms with Gasteiger partial charge in [-0.3, -0.25) is 4.79 Å². The number of nitrogens with zero attached hydrogens (tertiary/aromatic N) is 1. The molecule has 0 saturated heterocycles. The first-order valence-corrected chi connectivity index (χ1v) is 10.2. The number of anilines is 1. The van der Waals surface area contributed by atoms with Gasteiger partial charge in [-0.1, -0.05) is 13.3 Å². The molecular formula is C21H24N2O3S. The Labute approximate surface area is 163 Å². The molecule has 1 N–H and O–H groups in total. The molecule has 6 heteroatoms. The van der Waals surface area contributed by atoms with E-state index in [9.17, 15) is 10.1 Å². The molecule has 0 saturated carbocycles. The summed E-state index contributed by atoms with van der Waals surface area (Å²) in [6, 6.07) is 7.43. The molecule has 3 rings (SSSR count). The second-order valence-electron chi connectivity index (χ2n) is 6.55. The summed E-state index contributed by atoms with van der Waals surface area (Å²) in [4.78, 5) is 14.0. The molecular weight excluding hydrogens is 360 g/mol. The van der Waals surface area contributed by atoms with Crippen LogP contribution in [0.5, 0.6) is 11.5 Å². The molecule has 1 aromatic heterocycles. The second kappa shape index (κ2) is 8.92. The minimum absolute atomic E-state index is 0.247. The van der Waals surface area contributed by atoms with E-state index in [1.165, 1.54) is 16.2 Å². The third kappa shape index (κ3) is 4.25. The van der Waals surface area contributed by atoms with Gasteiger partial charge in [0.25, 0.3) is 5.91 Å². The van der Waals surface area contributed by atoms with Crippen molar-refractivity contribution in [3.8, 4) is 17.6 Å². The van der Waals surface area contributed by atoms with Gasteiger partial charge in [-0.2, -0.15) is 5.26 Å². The van der Waals surface area contributed by atoms with Crippen LogP contribution in [0.15, 0.2) is 18.2 Å². The van der Waals surface area contributed by atoms with Crippen molar-refractivity contribution < 1.29 is 14.3 Å². The summed E-state index contributed by atoms with van der Waals surface area (Å²) in [7, 11) is 1.56. The molecule has 27 heavy (non-hydrogen) atoms. The first kappa shape index (κ1) is 19.2. The van der Waals surface area contributed by atoms with Gasteiger partial charge < -0.3 is 14.8 Å². The number of aryl methyl sites for hydroxylation is 1. The minimum Gasteiger partial charge on any atom is -0.493 e. The molecule has 1 heterocycles. The highest BCUT2D eigenvalue weighted by atomic mass is 32.1. The first-order valence-electron chi connectivity index (χ1n) is 9.34. The number of ether oxygens (including phenoxy) is 2. The molecule has 0 aliphatic heterocycles. The number of carbonyl (C=O) groups excluding carboxylic acids is 1. The topological polar surface area (TPSA) is 71.3 Å². The van der Waals surface area contributed by atoms with Gasteiger partial charge in [-0.05, 0) is 55.9 Å². The van der Waals surface area contributed by atoms with Crippen LogP contribution in [0.25, 0.3) is 0 Å². The van der Waals surface area contributed by atoms with E-state index in [1.54, 1.807) is 25.3 Å². The Hall–Kier alpha value is -2.52. The standard InChI is InChI=1S/C21H24N2O3S/c1-3-4-11-26-17-10-9-14(12-18(17)25-2)20(24)23-21-16(13-22)15-7-5-6-8-19(15)27-21/h9-10,12H,3-8,11H2,1-2H3,(H,23,24). The number of methoxy groups -OCH3 is 1. The van der Waals surface area contributed by atoms with Crippen LogP contribution in [0.4, 0.5) is 5.00 Å². The average molecular weight is 385 g/mol. The Morgan fingerprint density at radius 1 is 1.30 bits per heavy atom. The third-order valence-electron chi connectivity index (χ3n) is 4.69. The van der Waals surface area contributed by atoms with Crippen molar-refractivity contribution in [3.05, 3.63) is 39.8 Å². The molecule has 2 aromatic rings. The maximum atomic E-state index is 12.7. The zero-order valence-corrected chi connectivity index (χ0v) is 16.6. The Bertz CT molecular complexity index is 867. The predicted molar refractivity (Wildman–Crippen MR) is 107 cm³/mol. The second-order valence-corrected chi connectivity index (χ2v) is 7.65. The van der Waals surface area contributed by atoms with Gasteiger partial charge in [0.05, 0.1) is 19.3 Å². The van der Waals surface area contributed by atoms with Crippen LogP contribution in [-0.2, 0) is 12.8 Å². The maximum Gasteiger partial charge on any atom is 0.256 e. The SMILES string of the molecule is CCCCOc1ccc(C(=O)Nc2sc3c(c2C#N)CCCC3)cc1OC. The zero-order valence-electron chi connectivity index (χ0n) is 15.8. The van der Waals surface area contributed by atoms with E-state index < -0.39 is 0 Å². The number of hydrogen-bond donors (Lipinski definition) is 1. The van der Waals surface area contributed by atoms with Gasteiger partial charge in [0, 0.05) is 10.4 Å². The van der Waals surface area contributed by atoms with Crippen LogP contribution >= 0.6 is 11.3 Å². The first-order chi connectivity index (χ1) is 13.2. The van der Waals surface area contributed by atoms with Crippen LogP contribution in [0.3, 0.4) is 0 Å². The molecule has 5 nitrogen and oxygen atoms in total. The van der Waals surface area contributed by atoms with Crippen molar-refractivity contribution in [2.45, 2.75) is 45.4 Å².